The van der Waals surface area contributed by atoms with Crippen molar-refractivity contribution < 1.29 is 32.3 Å². The molecule has 0 bridgehead atoms. The number of nitrogens with one attached hydrogen (secondary N) is 1. The summed E-state index contributed by atoms with van der Waals surface area (Å²) in [5.74, 6) is 0.228. The molecule has 1 aromatic carbocycles. The Bertz CT molecular complexity index is 1010. The van der Waals surface area contributed by atoms with Crippen LogP contribution in [0.4, 0.5) is 13.2 Å². The van der Waals surface area contributed by atoms with Crippen LogP contribution in [0.1, 0.15) is 17.4 Å². The van der Waals surface area contributed by atoms with E-state index in [-0.39, 0.29) is 12.5 Å². The van der Waals surface area contributed by atoms with Crippen LogP contribution in [0.2, 0.25) is 4.47 Å². The van der Waals surface area contributed by atoms with Gasteiger partial charge in [0.25, 0.3) is 5.91 Å². The van der Waals surface area contributed by atoms with Crippen LogP contribution < -0.4 is 15.0 Å². The predicted octanol–water partition coefficient (Wildman–Crippen LogP) is 5.02. The van der Waals surface area contributed by atoms with Crippen LogP contribution in [-0.4, -0.2) is 22.0 Å². The molecule has 0 aliphatic rings. The summed E-state index contributed by atoms with van der Waals surface area (Å²) < 4.78 is 49.0. The number of hydroxylamine groups is 1. The minimum absolute atomic E-state index is 0.00814. The molecule has 0 saturated heterocycles. The maximum absolute atomic E-state index is 12.6. The number of hydrogen-bond donors (Lipinski definition) is 1. The molecule has 3 rings (SSSR count). The quantitative estimate of drug-likeness (QED) is 0.463. The van der Waals surface area contributed by atoms with Crippen LogP contribution in [0.25, 0.3) is 0 Å². The maximum atomic E-state index is 12.6. The molecule has 0 radical (unpaired) electrons. The van der Waals surface area contributed by atoms with Gasteiger partial charge in [-0.3, -0.25) is 9.63 Å². The molecular formula is C19H15ClF3N3O4S. The first-order chi connectivity index (χ1) is 14.7. The number of aromatic nitrogens is 2. The number of rotatable bonds is 8. The Hall–Kier alpha value is -2.89. The number of thiazole rings is 1. The summed E-state index contributed by atoms with van der Waals surface area (Å²) in [5, 5.41) is 0. The molecule has 164 valence electrons. The van der Waals surface area contributed by atoms with Crippen LogP contribution >= 0.6 is 22.9 Å². The van der Waals surface area contributed by atoms with Gasteiger partial charge < -0.3 is 9.47 Å². The number of halogens is 4. The van der Waals surface area contributed by atoms with Gasteiger partial charge in [-0.1, -0.05) is 11.6 Å². The Morgan fingerprint density at radius 3 is 2.42 bits per heavy atom. The summed E-state index contributed by atoms with van der Waals surface area (Å²) in [6, 6.07) is 8.16. The van der Waals surface area contributed by atoms with Crippen LogP contribution in [-0.2, 0) is 22.4 Å². The highest BCUT2D eigenvalue weighted by Crippen LogP contribution is 2.30. The number of carbonyl (C=O) groups excluding carboxylic acids is 1. The monoisotopic (exact) mass is 473 g/mol. The van der Waals surface area contributed by atoms with Crippen molar-refractivity contribution in [3.05, 3.63) is 63.7 Å². The zero-order valence-corrected chi connectivity index (χ0v) is 17.4. The van der Waals surface area contributed by atoms with Crippen molar-refractivity contribution in [3.63, 3.8) is 0 Å². The van der Waals surface area contributed by atoms with Crippen molar-refractivity contribution >= 4 is 28.8 Å². The first kappa shape index (κ1) is 22.8. The third kappa shape index (κ3) is 6.81. The second-order valence-corrected chi connectivity index (χ2v) is 7.75. The van der Waals surface area contributed by atoms with E-state index >= 15 is 0 Å². The summed E-state index contributed by atoms with van der Waals surface area (Å²) >= 11 is 6.95. The van der Waals surface area contributed by atoms with Gasteiger partial charge in [0.2, 0.25) is 5.88 Å². The minimum atomic E-state index is -4.46. The Labute approximate surface area is 183 Å². The molecule has 2 aromatic heterocycles. The van der Waals surface area contributed by atoms with Crippen LogP contribution in [0.15, 0.2) is 48.8 Å². The highest BCUT2D eigenvalue weighted by molar-refractivity contribution is 7.15. The van der Waals surface area contributed by atoms with Gasteiger partial charge in [-0.25, -0.2) is 15.4 Å². The second-order valence-electron chi connectivity index (χ2n) is 6.05. The van der Waals surface area contributed by atoms with E-state index in [1.165, 1.54) is 23.5 Å². The lowest BCUT2D eigenvalue weighted by Gasteiger charge is -2.14. The smallest absolute Gasteiger partial charge is 0.417 e. The number of ether oxygens (including phenoxy) is 2. The lowest BCUT2D eigenvalue weighted by atomic mass is 10.3. The van der Waals surface area contributed by atoms with Gasteiger partial charge in [-0.15, -0.1) is 11.3 Å². The van der Waals surface area contributed by atoms with Gasteiger partial charge in [0.05, 0.1) is 10.4 Å². The number of amides is 1. The molecule has 0 saturated carbocycles. The molecule has 3 aromatic rings. The van der Waals surface area contributed by atoms with Crippen molar-refractivity contribution in [2.45, 2.75) is 25.8 Å². The number of hydrogen-bond acceptors (Lipinski definition) is 7. The molecule has 12 heteroatoms. The van der Waals surface area contributed by atoms with Crippen LogP contribution in [0.5, 0.6) is 17.4 Å². The Morgan fingerprint density at radius 2 is 1.84 bits per heavy atom. The van der Waals surface area contributed by atoms with E-state index in [2.05, 4.69) is 15.4 Å². The molecule has 0 fully saturated rings. The standard InChI is InChI=1S/C19H15ClF3N3O4S/c1-11(17(27)26-28-10-15-9-25-18(20)31-15)29-13-3-5-14(6-4-13)30-16-7-2-12(8-24-16)19(21,22)23/h2-9,11H,10H2,1H3,(H,26,27)/t11-/m1/s1. The fourth-order valence-corrected chi connectivity index (χ4v) is 3.08. The summed E-state index contributed by atoms with van der Waals surface area (Å²) in [4.78, 5) is 25.4. The molecule has 7 nitrogen and oxygen atoms in total. The van der Waals surface area contributed by atoms with E-state index in [9.17, 15) is 18.0 Å². The first-order valence-corrected chi connectivity index (χ1v) is 9.90. The zero-order chi connectivity index (χ0) is 22.4. The van der Waals surface area contributed by atoms with Gasteiger partial charge in [0.1, 0.15) is 18.1 Å². The Kier molecular flexibility index (Phi) is 7.31. The molecule has 0 spiro atoms. The Balaban J connectivity index is 1.47. The van der Waals surface area contributed by atoms with Crippen molar-refractivity contribution in [2.75, 3.05) is 0 Å². The van der Waals surface area contributed by atoms with Crippen LogP contribution in [0, 0.1) is 0 Å². The average molecular weight is 474 g/mol. The summed E-state index contributed by atoms with van der Waals surface area (Å²) in [7, 11) is 0. The number of nitrogens with zero attached hydrogens (tertiary/aromatic N) is 2. The third-order valence-corrected chi connectivity index (χ3v) is 4.79. The second kappa shape index (κ2) is 9.94. The molecule has 0 aliphatic heterocycles. The molecule has 31 heavy (non-hydrogen) atoms. The lowest BCUT2D eigenvalue weighted by Crippen LogP contribution is -2.36. The fraction of sp³-hybridized carbons (Fsp3) is 0.211. The lowest BCUT2D eigenvalue weighted by molar-refractivity contribution is -0.141. The average Bonchev–Trinajstić information content (AvgIpc) is 3.14. The third-order valence-electron chi connectivity index (χ3n) is 3.70. The summed E-state index contributed by atoms with van der Waals surface area (Å²) in [6.07, 6.45) is -3.08. The maximum Gasteiger partial charge on any atom is 0.417 e. The number of alkyl halides is 3. The summed E-state index contributed by atoms with van der Waals surface area (Å²) in [5.41, 5.74) is 1.41. The van der Waals surface area contributed by atoms with E-state index in [0.29, 0.717) is 22.2 Å². The topological polar surface area (TPSA) is 82.6 Å². The minimum Gasteiger partial charge on any atom is -0.481 e. The first-order valence-electron chi connectivity index (χ1n) is 8.70. The van der Waals surface area contributed by atoms with Crippen molar-refractivity contribution in [2.24, 2.45) is 0 Å². The van der Waals surface area contributed by atoms with Gasteiger partial charge in [-0.05, 0) is 37.3 Å². The van der Waals surface area contributed by atoms with E-state index in [0.717, 1.165) is 17.0 Å². The normalized spacial score (nSPS) is 12.3. The van der Waals surface area contributed by atoms with Crippen LogP contribution in [0.3, 0.4) is 0 Å². The largest absolute Gasteiger partial charge is 0.481 e. The fourth-order valence-electron chi connectivity index (χ4n) is 2.18. The molecule has 0 aliphatic carbocycles. The molecule has 0 unspecified atom stereocenters. The van der Waals surface area contributed by atoms with Gasteiger partial charge in [0.15, 0.2) is 10.6 Å². The van der Waals surface area contributed by atoms with Crippen molar-refractivity contribution in [1.29, 1.82) is 0 Å². The number of pyridine rings is 1. The predicted molar refractivity (Wildman–Crippen MR) is 106 cm³/mol. The van der Waals surface area contributed by atoms with Gasteiger partial charge >= 0.3 is 6.18 Å². The zero-order valence-electron chi connectivity index (χ0n) is 15.9. The van der Waals surface area contributed by atoms with Gasteiger partial charge in [-0.2, -0.15) is 13.2 Å². The molecule has 1 atom stereocenters. The number of benzene rings is 1. The van der Waals surface area contributed by atoms with Crippen molar-refractivity contribution in [1.82, 2.24) is 15.4 Å². The summed E-state index contributed by atoms with van der Waals surface area (Å²) in [6.45, 7) is 1.66. The van der Waals surface area contributed by atoms with E-state index in [4.69, 9.17) is 25.9 Å². The molecule has 2 heterocycles. The molecular weight excluding hydrogens is 459 g/mol. The van der Waals surface area contributed by atoms with E-state index < -0.39 is 23.8 Å². The van der Waals surface area contributed by atoms with E-state index in [1.807, 2.05) is 0 Å². The molecule has 1 amide bonds. The highest BCUT2D eigenvalue weighted by atomic mass is 35.5. The molecule has 1 N–H and O–H groups in total. The number of carbonyl (C=O) groups is 1. The Morgan fingerprint density at radius 1 is 1.13 bits per heavy atom. The van der Waals surface area contributed by atoms with Crippen molar-refractivity contribution in [3.8, 4) is 17.4 Å². The highest BCUT2D eigenvalue weighted by Gasteiger charge is 2.30. The van der Waals surface area contributed by atoms with E-state index in [1.54, 1.807) is 25.3 Å². The van der Waals surface area contributed by atoms with Gasteiger partial charge in [0, 0.05) is 18.5 Å². The SMILES string of the molecule is C[C@@H](Oc1ccc(Oc2ccc(C(F)(F)F)cn2)cc1)C(=O)NOCc1cnc(Cl)s1.